The van der Waals surface area contributed by atoms with Crippen LogP contribution in [0, 0.1) is 12.3 Å². The van der Waals surface area contributed by atoms with Crippen LogP contribution in [0.4, 0.5) is 11.6 Å². The van der Waals surface area contributed by atoms with E-state index >= 15 is 0 Å². The summed E-state index contributed by atoms with van der Waals surface area (Å²) >= 11 is 0. The molecule has 1 heterocycles. The molecule has 0 amide bonds. The predicted molar refractivity (Wildman–Crippen MR) is 78.3 cm³/mol. The molecular formula is C14H26N4. The highest BCUT2D eigenvalue weighted by atomic mass is 15.1. The molecule has 0 saturated heterocycles. The second-order valence-corrected chi connectivity index (χ2v) is 5.44. The third-order valence-corrected chi connectivity index (χ3v) is 3.44. The smallest absolute Gasteiger partial charge is 0.134 e. The second kappa shape index (κ2) is 6.03. The standard InChI is InChI=1S/C14H26N4/c1-7-11-17-12(15-6)10(3)13(18-11)16-9-14(4,5)8-2/h7-9H2,1-6H3,(H2,15,16,17,18). The van der Waals surface area contributed by atoms with Gasteiger partial charge in [0, 0.05) is 25.6 Å². The van der Waals surface area contributed by atoms with Gasteiger partial charge in [0.1, 0.15) is 17.5 Å². The van der Waals surface area contributed by atoms with Crippen molar-refractivity contribution in [1.29, 1.82) is 0 Å². The number of hydrogen-bond acceptors (Lipinski definition) is 4. The first-order chi connectivity index (χ1) is 8.43. The molecule has 0 aliphatic carbocycles. The van der Waals surface area contributed by atoms with Crippen molar-refractivity contribution in [2.75, 3.05) is 24.2 Å². The van der Waals surface area contributed by atoms with E-state index in [0.717, 1.165) is 42.4 Å². The number of nitrogens with zero attached hydrogens (tertiary/aromatic N) is 2. The van der Waals surface area contributed by atoms with E-state index in [2.05, 4.69) is 48.3 Å². The van der Waals surface area contributed by atoms with Crippen molar-refractivity contribution in [2.45, 2.75) is 47.5 Å². The van der Waals surface area contributed by atoms with E-state index in [0.29, 0.717) is 0 Å². The Labute approximate surface area is 111 Å². The maximum absolute atomic E-state index is 4.57. The Kier molecular flexibility index (Phi) is 4.93. The van der Waals surface area contributed by atoms with Crippen molar-refractivity contribution in [1.82, 2.24) is 9.97 Å². The molecule has 0 unspecified atom stereocenters. The number of hydrogen-bond donors (Lipinski definition) is 2. The summed E-state index contributed by atoms with van der Waals surface area (Å²) < 4.78 is 0. The minimum absolute atomic E-state index is 0.281. The molecule has 4 nitrogen and oxygen atoms in total. The maximum Gasteiger partial charge on any atom is 0.134 e. The summed E-state index contributed by atoms with van der Waals surface area (Å²) in [6, 6.07) is 0. The average Bonchev–Trinajstić information content (AvgIpc) is 2.37. The number of aromatic nitrogens is 2. The Morgan fingerprint density at radius 2 is 1.72 bits per heavy atom. The molecule has 4 heteroatoms. The summed E-state index contributed by atoms with van der Waals surface area (Å²) in [7, 11) is 1.90. The van der Waals surface area contributed by atoms with Gasteiger partial charge >= 0.3 is 0 Å². The first-order valence-electron chi connectivity index (χ1n) is 6.72. The molecule has 0 aliphatic rings. The Balaban J connectivity index is 2.94. The molecule has 0 atom stereocenters. The highest BCUT2D eigenvalue weighted by Gasteiger charge is 2.16. The van der Waals surface area contributed by atoms with Crippen LogP contribution in [0.2, 0.25) is 0 Å². The van der Waals surface area contributed by atoms with Gasteiger partial charge < -0.3 is 10.6 Å². The Morgan fingerprint density at radius 1 is 1.11 bits per heavy atom. The molecule has 1 aromatic heterocycles. The first kappa shape index (κ1) is 14.7. The van der Waals surface area contributed by atoms with Gasteiger partial charge in [0.25, 0.3) is 0 Å². The lowest BCUT2D eigenvalue weighted by Gasteiger charge is -2.24. The van der Waals surface area contributed by atoms with Gasteiger partial charge in [0.15, 0.2) is 0 Å². The van der Waals surface area contributed by atoms with Crippen LogP contribution in [0.5, 0.6) is 0 Å². The number of anilines is 2. The van der Waals surface area contributed by atoms with Gasteiger partial charge in [-0.3, -0.25) is 0 Å². The number of aryl methyl sites for hydroxylation is 1. The van der Waals surface area contributed by atoms with Crippen molar-refractivity contribution in [3.8, 4) is 0 Å². The fraction of sp³-hybridized carbons (Fsp3) is 0.714. The van der Waals surface area contributed by atoms with Gasteiger partial charge in [-0.15, -0.1) is 0 Å². The largest absolute Gasteiger partial charge is 0.373 e. The van der Waals surface area contributed by atoms with Gasteiger partial charge in [-0.1, -0.05) is 27.7 Å². The van der Waals surface area contributed by atoms with E-state index in [1.54, 1.807) is 0 Å². The molecule has 1 aromatic rings. The molecule has 0 saturated carbocycles. The van der Waals surface area contributed by atoms with Gasteiger partial charge in [0.2, 0.25) is 0 Å². The lowest BCUT2D eigenvalue weighted by molar-refractivity contribution is 0.376. The quantitative estimate of drug-likeness (QED) is 0.814. The minimum atomic E-state index is 0.281. The lowest BCUT2D eigenvalue weighted by atomic mass is 9.90. The van der Waals surface area contributed by atoms with Crippen LogP contribution < -0.4 is 10.6 Å². The second-order valence-electron chi connectivity index (χ2n) is 5.44. The van der Waals surface area contributed by atoms with E-state index in [1.807, 2.05) is 14.0 Å². The SMILES string of the molecule is CCc1nc(NC)c(C)c(NCC(C)(C)CC)n1. The minimum Gasteiger partial charge on any atom is -0.373 e. The Bertz CT molecular complexity index is 399. The third-order valence-electron chi connectivity index (χ3n) is 3.44. The van der Waals surface area contributed by atoms with E-state index in [9.17, 15) is 0 Å². The molecule has 102 valence electrons. The average molecular weight is 250 g/mol. The van der Waals surface area contributed by atoms with Gasteiger partial charge in [-0.2, -0.15) is 0 Å². The molecule has 1 rings (SSSR count). The van der Waals surface area contributed by atoms with Crippen LogP contribution in [0.15, 0.2) is 0 Å². The monoisotopic (exact) mass is 250 g/mol. The van der Waals surface area contributed by atoms with Crippen LogP contribution in [0.25, 0.3) is 0 Å². The van der Waals surface area contributed by atoms with Crippen molar-refractivity contribution in [3.05, 3.63) is 11.4 Å². The fourth-order valence-corrected chi connectivity index (χ4v) is 1.58. The molecule has 0 aromatic carbocycles. The van der Waals surface area contributed by atoms with Crippen LogP contribution in [-0.2, 0) is 6.42 Å². The number of nitrogens with one attached hydrogen (secondary N) is 2. The molecule has 0 spiro atoms. The summed E-state index contributed by atoms with van der Waals surface area (Å²) in [6.45, 7) is 11.8. The van der Waals surface area contributed by atoms with E-state index in [-0.39, 0.29) is 5.41 Å². The van der Waals surface area contributed by atoms with Crippen molar-refractivity contribution >= 4 is 11.6 Å². The molecule has 0 aliphatic heterocycles. The van der Waals surface area contributed by atoms with Gasteiger partial charge in [-0.25, -0.2) is 9.97 Å². The zero-order valence-corrected chi connectivity index (χ0v) is 12.5. The van der Waals surface area contributed by atoms with E-state index < -0.39 is 0 Å². The Hall–Kier alpha value is -1.32. The zero-order valence-electron chi connectivity index (χ0n) is 12.5. The molecular weight excluding hydrogens is 224 g/mol. The highest BCUT2D eigenvalue weighted by Crippen LogP contribution is 2.24. The summed E-state index contributed by atoms with van der Waals surface area (Å²) in [5.74, 6) is 2.74. The fourth-order valence-electron chi connectivity index (χ4n) is 1.58. The number of rotatable bonds is 6. The Morgan fingerprint density at radius 3 is 2.22 bits per heavy atom. The predicted octanol–water partition coefficient (Wildman–Crippen LogP) is 3.24. The molecule has 0 fully saturated rings. The van der Waals surface area contributed by atoms with Gasteiger partial charge in [-0.05, 0) is 18.8 Å². The lowest BCUT2D eigenvalue weighted by Crippen LogP contribution is -2.23. The summed E-state index contributed by atoms with van der Waals surface area (Å²) in [4.78, 5) is 9.05. The first-order valence-corrected chi connectivity index (χ1v) is 6.72. The zero-order chi connectivity index (χ0) is 13.8. The van der Waals surface area contributed by atoms with Crippen LogP contribution >= 0.6 is 0 Å². The topological polar surface area (TPSA) is 49.8 Å². The van der Waals surface area contributed by atoms with Crippen molar-refractivity contribution in [3.63, 3.8) is 0 Å². The van der Waals surface area contributed by atoms with E-state index in [1.165, 1.54) is 0 Å². The van der Waals surface area contributed by atoms with Crippen LogP contribution in [0.3, 0.4) is 0 Å². The van der Waals surface area contributed by atoms with Crippen LogP contribution in [-0.4, -0.2) is 23.6 Å². The summed E-state index contributed by atoms with van der Waals surface area (Å²) in [6.07, 6.45) is 1.99. The molecule has 18 heavy (non-hydrogen) atoms. The van der Waals surface area contributed by atoms with Gasteiger partial charge in [0.05, 0.1) is 0 Å². The third kappa shape index (κ3) is 3.59. The normalized spacial score (nSPS) is 11.4. The molecule has 2 N–H and O–H groups in total. The van der Waals surface area contributed by atoms with Crippen LogP contribution in [0.1, 0.15) is 45.5 Å². The van der Waals surface area contributed by atoms with Crippen molar-refractivity contribution in [2.24, 2.45) is 5.41 Å². The van der Waals surface area contributed by atoms with Crippen molar-refractivity contribution < 1.29 is 0 Å². The summed E-state index contributed by atoms with van der Waals surface area (Å²) in [5.41, 5.74) is 1.37. The van der Waals surface area contributed by atoms with E-state index in [4.69, 9.17) is 0 Å². The maximum atomic E-state index is 4.57. The molecule has 0 bridgehead atoms. The highest BCUT2D eigenvalue weighted by molar-refractivity contribution is 5.57. The molecule has 0 radical (unpaired) electrons. The summed E-state index contributed by atoms with van der Waals surface area (Å²) in [5, 5.41) is 6.59.